The summed E-state index contributed by atoms with van der Waals surface area (Å²) in [5, 5.41) is 54.7. The molecule has 1 amide bonds. The Morgan fingerprint density at radius 2 is 0.722 bits per heavy atom. The summed E-state index contributed by atoms with van der Waals surface area (Å²) < 4.78 is 11.3. The summed E-state index contributed by atoms with van der Waals surface area (Å²) in [6, 6.07) is -0.822. The second-order valence-electron chi connectivity index (χ2n) is 24.3. The molecule has 9 nitrogen and oxygen atoms in total. The van der Waals surface area contributed by atoms with Gasteiger partial charge in [-0.3, -0.25) is 4.79 Å². The molecule has 1 aliphatic heterocycles. The third-order valence-corrected chi connectivity index (χ3v) is 16.7. The Morgan fingerprint density at radius 3 is 1.06 bits per heavy atom. The lowest BCUT2D eigenvalue weighted by Crippen LogP contribution is -2.60. The van der Waals surface area contributed by atoms with Crippen molar-refractivity contribution in [3.05, 3.63) is 36.5 Å². The lowest BCUT2D eigenvalue weighted by Gasteiger charge is -2.40. The van der Waals surface area contributed by atoms with Gasteiger partial charge in [-0.05, 0) is 57.8 Å². The van der Waals surface area contributed by atoms with E-state index in [4.69, 9.17) is 9.47 Å². The molecule has 0 aromatic rings. The molecule has 1 fully saturated rings. The molecule has 0 bridgehead atoms. The van der Waals surface area contributed by atoms with Crippen molar-refractivity contribution in [1.82, 2.24) is 5.32 Å². The fourth-order valence-electron chi connectivity index (χ4n) is 11.2. The number of aliphatic hydroxyl groups is 5. The number of hydrogen-bond donors (Lipinski definition) is 6. The molecule has 0 saturated carbocycles. The number of amides is 1. The largest absolute Gasteiger partial charge is 0.394 e. The van der Waals surface area contributed by atoms with Crippen LogP contribution in [0.4, 0.5) is 0 Å². The number of carbonyl (C=O) groups is 1. The van der Waals surface area contributed by atoms with Crippen LogP contribution in [0, 0.1) is 0 Å². The van der Waals surface area contributed by atoms with Crippen molar-refractivity contribution >= 4 is 5.91 Å². The fourth-order valence-corrected chi connectivity index (χ4v) is 11.2. The van der Waals surface area contributed by atoms with Gasteiger partial charge in [0.05, 0.1) is 25.4 Å². The Morgan fingerprint density at radius 1 is 0.418 bits per heavy atom. The summed E-state index contributed by atoms with van der Waals surface area (Å²) in [6.07, 6.45) is 72.6. The zero-order chi connectivity index (χ0) is 57.2. The fraction of sp³-hybridized carbons (Fsp3) is 0.900. The van der Waals surface area contributed by atoms with E-state index in [1.165, 1.54) is 289 Å². The van der Waals surface area contributed by atoms with Crippen molar-refractivity contribution < 1.29 is 39.8 Å². The van der Waals surface area contributed by atoms with Gasteiger partial charge in [0.1, 0.15) is 24.4 Å². The van der Waals surface area contributed by atoms with E-state index < -0.39 is 49.5 Å². The van der Waals surface area contributed by atoms with Crippen LogP contribution >= 0.6 is 0 Å². The Bertz CT molecular complexity index is 1340. The van der Waals surface area contributed by atoms with E-state index in [1.807, 2.05) is 6.08 Å². The number of unbranched alkanes of at least 4 members (excludes halogenated alkanes) is 47. The topological polar surface area (TPSA) is 149 Å². The molecular formula is C70H133NO8. The molecule has 1 saturated heterocycles. The number of ether oxygens (including phenoxy) is 2. The van der Waals surface area contributed by atoms with Gasteiger partial charge in [-0.15, -0.1) is 0 Å². The Balaban J connectivity index is 2.14. The van der Waals surface area contributed by atoms with Crippen LogP contribution in [0.25, 0.3) is 0 Å². The molecule has 1 heterocycles. The second-order valence-corrected chi connectivity index (χ2v) is 24.3. The molecule has 6 N–H and O–H groups in total. The van der Waals surface area contributed by atoms with Crippen molar-refractivity contribution in [3.63, 3.8) is 0 Å². The number of carbonyl (C=O) groups excluding carboxylic acids is 1. The summed E-state index contributed by atoms with van der Waals surface area (Å²) in [5.74, 6) is -0.180. The molecule has 9 heteroatoms. The summed E-state index contributed by atoms with van der Waals surface area (Å²) in [7, 11) is 0. The highest BCUT2D eigenvalue weighted by molar-refractivity contribution is 5.76. The SMILES string of the molecule is CCCCCCCCCCCCCC/C=C\CCCCCCCCCCCCCCCCCCC(=O)NC(COC1OC(CO)C(O)C(O)C1O)C(O)/C=C/CC/C=C/CCCCCCCCCCCCCCCCCCCC. The zero-order valence-electron chi connectivity index (χ0n) is 52.2. The highest BCUT2D eigenvalue weighted by Gasteiger charge is 2.44. The highest BCUT2D eigenvalue weighted by atomic mass is 16.7. The maximum absolute atomic E-state index is 13.1. The molecule has 0 aromatic heterocycles. The third kappa shape index (κ3) is 48.5. The van der Waals surface area contributed by atoms with Gasteiger partial charge in [0.25, 0.3) is 0 Å². The molecule has 1 aliphatic rings. The first-order chi connectivity index (χ1) is 38.8. The molecular weight excluding hydrogens is 983 g/mol. The molecule has 0 spiro atoms. The maximum Gasteiger partial charge on any atom is 0.220 e. The van der Waals surface area contributed by atoms with E-state index in [1.54, 1.807) is 6.08 Å². The first kappa shape index (κ1) is 75.4. The van der Waals surface area contributed by atoms with Gasteiger partial charge in [0, 0.05) is 6.42 Å². The van der Waals surface area contributed by atoms with Crippen LogP contribution in [-0.4, -0.2) is 87.5 Å². The minimum Gasteiger partial charge on any atom is -0.394 e. The Hall–Kier alpha value is -1.59. The van der Waals surface area contributed by atoms with Crippen LogP contribution in [0.2, 0.25) is 0 Å². The van der Waals surface area contributed by atoms with Gasteiger partial charge in [-0.25, -0.2) is 0 Å². The standard InChI is InChI=1S/C70H133NO8/c1-3-5-7-9-11-13-15-17-19-21-23-25-27-29-30-31-32-33-34-35-36-38-40-42-44-46-48-50-52-54-56-58-60-66(74)71-63(62-78-70-69(77)68(76)67(75)65(61-72)79-70)64(73)59-57-55-53-51-49-47-45-43-41-39-37-28-26-24-22-20-18-16-14-12-10-8-6-4-2/h29-30,49,51,57,59,63-65,67-70,72-73,75-77H,3-28,31-48,50,52-56,58,60-62H2,1-2H3,(H,71,74)/b30-29-,51-49+,59-57+. The van der Waals surface area contributed by atoms with E-state index in [-0.39, 0.29) is 12.5 Å². The van der Waals surface area contributed by atoms with Crippen molar-refractivity contribution in [1.29, 1.82) is 0 Å². The van der Waals surface area contributed by atoms with Crippen LogP contribution < -0.4 is 5.32 Å². The van der Waals surface area contributed by atoms with E-state index >= 15 is 0 Å². The van der Waals surface area contributed by atoms with Crippen molar-refractivity contribution in [2.45, 2.75) is 391 Å². The van der Waals surface area contributed by atoms with Gasteiger partial charge in [-0.1, -0.05) is 320 Å². The summed E-state index contributed by atoms with van der Waals surface area (Å²) in [5.41, 5.74) is 0. The normalized spacial score (nSPS) is 18.7. The van der Waals surface area contributed by atoms with Crippen LogP contribution in [-0.2, 0) is 14.3 Å². The Kier molecular flexibility index (Phi) is 56.9. The van der Waals surface area contributed by atoms with Crippen LogP contribution in [0.5, 0.6) is 0 Å². The van der Waals surface area contributed by atoms with E-state index in [9.17, 15) is 30.3 Å². The highest BCUT2D eigenvalue weighted by Crippen LogP contribution is 2.23. The smallest absolute Gasteiger partial charge is 0.220 e. The lowest BCUT2D eigenvalue weighted by molar-refractivity contribution is -0.302. The van der Waals surface area contributed by atoms with Crippen LogP contribution in [0.15, 0.2) is 36.5 Å². The monoisotopic (exact) mass is 1120 g/mol. The van der Waals surface area contributed by atoms with Crippen molar-refractivity contribution in [2.24, 2.45) is 0 Å². The van der Waals surface area contributed by atoms with Gasteiger partial charge >= 0.3 is 0 Å². The third-order valence-electron chi connectivity index (χ3n) is 16.7. The van der Waals surface area contributed by atoms with E-state index in [0.29, 0.717) is 6.42 Å². The van der Waals surface area contributed by atoms with Gasteiger partial charge in [-0.2, -0.15) is 0 Å². The average molecular weight is 1120 g/mol. The molecule has 0 radical (unpaired) electrons. The number of hydrogen-bond acceptors (Lipinski definition) is 8. The van der Waals surface area contributed by atoms with Gasteiger partial charge in [0.15, 0.2) is 6.29 Å². The summed E-state index contributed by atoms with van der Waals surface area (Å²) in [4.78, 5) is 13.1. The zero-order valence-corrected chi connectivity index (χ0v) is 52.2. The quantitative estimate of drug-likeness (QED) is 0.0261. The molecule has 1 rings (SSSR count). The predicted molar refractivity (Wildman–Crippen MR) is 337 cm³/mol. The van der Waals surface area contributed by atoms with E-state index in [0.717, 1.165) is 38.5 Å². The first-order valence-electron chi connectivity index (χ1n) is 34.7. The average Bonchev–Trinajstić information content (AvgIpc) is 3.46. The number of allylic oxidation sites excluding steroid dienone is 5. The molecule has 79 heavy (non-hydrogen) atoms. The lowest BCUT2D eigenvalue weighted by atomic mass is 9.99. The molecule has 466 valence electrons. The van der Waals surface area contributed by atoms with E-state index in [2.05, 4.69) is 43.5 Å². The van der Waals surface area contributed by atoms with Crippen LogP contribution in [0.1, 0.15) is 348 Å². The van der Waals surface area contributed by atoms with Crippen molar-refractivity contribution in [2.75, 3.05) is 13.2 Å². The number of aliphatic hydroxyl groups excluding tert-OH is 5. The number of nitrogens with one attached hydrogen (secondary N) is 1. The predicted octanol–water partition coefficient (Wildman–Crippen LogP) is 18.6. The summed E-state index contributed by atoms with van der Waals surface area (Å²) >= 11 is 0. The number of rotatable bonds is 61. The molecule has 7 unspecified atom stereocenters. The second kappa shape index (κ2) is 59.6. The van der Waals surface area contributed by atoms with Gasteiger partial charge in [0.2, 0.25) is 5.91 Å². The Labute approximate surface area is 489 Å². The minimum absolute atomic E-state index is 0.180. The summed E-state index contributed by atoms with van der Waals surface area (Å²) in [6.45, 7) is 3.82. The first-order valence-corrected chi connectivity index (χ1v) is 34.7. The molecule has 0 aliphatic carbocycles. The molecule has 0 aromatic carbocycles. The van der Waals surface area contributed by atoms with Crippen molar-refractivity contribution in [3.8, 4) is 0 Å². The molecule has 7 atom stereocenters. The van der Waals surface area contributed by atoms with Gasteiger partial charge < -0.3 is 40.3 Å². The maximum atomic E-state index is 13.1. The van der Waals surface area contributed by atoms with Crippen LogP contribution in [0.3, 0.4) is 0 Å². The minimum atomic E-state index is -1.57.